The van der Waals surface area contributed by atoms with Gasteiger partial charge in [0.15, 0.2) is 0 Å². The molecule has 0 aliphatic heterocycles. The predicted molar refractivity (Wildman–Crippen MR) is 235 cm³/mol. The first kappa shape index (κ1) is 32.4. The van der Waals surface area contributed by atoms with E-state index in [0.29, 0.717) is 0 Å². The molecule has 0 heterocycles. The number of anilines is 3. The van der Waals surface area contributed by atoms with Gasteiger partial charge in [-0.1, -0.05) is 170 Å². The molecule has 0 aromatic heterocycles. The molecule has 10 aromatic rings. The molecular weight excluding hydrogens is 663 g/mol. The van der Waals surface area contributed by atoms with E-state index in [1.165, 1.54) is 76.8 Å². The summed E-state index contributed by atoms with van der Waals surface area (Å²) in [5.74, 6) is 0. The average molecular weight is 700 g/mol. The monoisotopic (exact) mass is 699 g/mol. The van der Waals surface area contributed by atoms with Gasteiger partial charge in [0.05, 0.1) is 0 Å². The van der Waals surface area contributed by atoms with Crippen molar-refractivity contribution in [3.05, 3.63) is 224 Å². The topological polar surface area (TPSA) is 3.24 Å². The van der Waals surface area contributed by atoms with E-state index in [4.69, 9.17) is 0 Å². The fourth-order valence-electron chi connectivity index (χ4n) is 7.95. The van der Waals surface area contributed by atoms with Crippen molar-refractivity contribution in [1.29, 1.82) is 0 Å². The molecule has 0 unspecified atom stereocenters. The Morgan fingerprint density at radius 2 is 0.636 bits per heavy atom. The van der Waals surface area contributed by atoms with Gasteiger partial charge in [0.2, 0.25) is 0 Å². The van der Waals surface area contributed by atoms with Crippen LogP contribution in [0, 0.1) is 0 Å². The third-order valence-corrected chi connectivity index (χ3v) is 10.8. The summed E-state index contributed by atoms with van der Waals surface area (Å²) in [6.45, 7) is 0. The van der Waals surface area contributed by atoms with Gasteiger partial charge in [0.1, 0.15) is 0 Å². The lowest BCUT2D eigenvalue weighted by molar-refractivity contribution is 1.28. The zero-order chi connectivity index (χ0) is 36.6. The lowest BCUT2D eigenvalue weighted by Crippen LogP contribution is -2.10. The Balaban J connectivity index is 1.03. The van der Waals surface area contributed by atoms with Crippen LogP contribution in [-0.4, -0.2) is 0 Å². The van der Waals surface area contributed by atoms with Crippen molar-refractivity contribution in [3.8, 4) is 44.5 Å². The van der Waals surface area contributed by atoms with Gasteiger partial charge in [-0.3, -0.25) is 0 Å². The molecule has 0 N–H and O–H groups in total. The summed E-state index contributed by atoms with van der Waals surface area (Å²) >= 11 is 0. The molecule has 0 fully saturated rings. The smallest absolute Gasteiger partial charge is 0.0467 e. The number of benzene rings is 10. The molecule has 0 aliphatic rings. The maximum absolute atomic E-state index is 2.37. The van der Waals surface area contributed by atoms with Crippen LogP contribution in [0.3, 0.4) is 0 Å². The van der Waals surface area contributed by atoms with Crippen LogP contribution in [0.2, 0.25) is 0 Å². The second kappa shape index (κ2) is 14.0. The van der Waals surface area contributed by atoms with Gasteiger partial charge in [-0.2, -0.15) is 0 Å². The van der Waals surface area contributed by atoms with Crippen LogP contribution < -0.4 is 4.90 Å². The van der Waals surface area contributed by atoms with E-state index < -0.39 is 0 Å². The van der Waals surface area contributed by atoms with Crippen LogP contribution in [0.1, 0.15) is 0 Å². The molecule has 0 amide bonds. The van der Waals surface area contributed by atoms with Crippen molar-refractivity contribution in [2.45, 2.75) is 0 Å². The SMILES string of the molecule is c1ccc(-c2cccc(-c3ccc(N(c4ccc(-c5ccc6c(ccc7ccccc76)c5)cc4)c4cccc(-c5ccc6ccccc6c5)c4)cc3)c2)cc1. The molecule has 0 spiro atoms. The van der Waals surface area contributed by atoms with Gasteiger partial charge >= 0.3 is 0 Å². The molecule has 0 radical (unpaired) electrons. The Morgan fingerprint density at radius 1 is 0.200 bits per heavy atom. The normalized spacial score (nSPS) is 11.3. The van der Waals surface area contributed by atoms with E-state index in [1.54, 1.807) is 0 Å². The number of hydrogen-bond donors (Lipinski definition) is 0. The van der Waals surface area contributed by atoms with Crippen molar-refractivity contribution in [2.75, 3.05) is 4.90 Å². The first-order valence-corrected chi connectivity index (χ1v) is 18.9. The van der Waals surface area contributed by atoms with Gasteiger partial charge in [-0.05, 0) is 131 Å². The van der Waals surface area contributed by atoms with E-state index >= 15 is 0 Å². The number of hydrogen-bond acceptors (Lipinski definition) is 1. The molecule has 0 saturated heterocycles. The summed E-state index contributed by atoms with van der Waals surface area (Å²) in [6.07, 6.45) is 0. The van der Waals surface area contributed by atoms with Crippen LogP contribution >= 0.6 is 0 Å². The lowest BCUT2D eigenvalue weighted by Gasteiger charge is -2.26. The minimum atomic E-state index is 1.10. The van der Waals surface area contributed by atoms with Gasteiger partial charge in [-0.15, -0.1) is 0 Å². The Labute approximate surface area is 322 Å². The summed E-state index contributed by atoms with van der Waals surface area (Å²) < 4.78 is 0. The van der Waals surface area contributed by atoms with Crippen LogP contribution in [0.25, 0.3) is 76.8 Å². The second-order valence-electron chi connectivity index (χ2n) is 14.2. The first-order chi connectivity index (χ1) is 27.2. The van der Waals surface area contributed by atoms with Crippen LogP contribution in [-0.2, 0) is 0 Å². The van der Waals surface area contributed by atoms with Crippen molar-refractivity contribution in [1.82, 2.24) is 0 Å². The van der Waals surface area contributed by atoms with E-state index in [1.807, 2.05) is 0 Å². The summed E-state index contributed by atoms with van der Waals surface area (Å²) in [6, 6.07) is 81.5. The highest BCUT2D eigenvalue weighted by Crippen LogP contribution is 2.39. The molecule has 0 atom stereocenters. The van der Waals surface area contributed by atoms with Crippen LogP contribution in [0.15, 0.2) is 224 Å². The molecule has 0 bridgehead atoms. The predicted octanol–water partition coefficient (Wildman–Crippen LogP) is 15.3. The van der Waals surface area contributed by atoms with Crippen LogP contribution in [0.5, 0.6) is 0 Å². The van der Waals surface area contributed by atoms with Gasteiger partial charge in [-0.25, -0.2) is 0 Å². The van der Waals surface area contributed by atoms with E-state index in [2.05, 4.69) is 229 Å². The highest BCUT2D eigenvalue weighted by Gasteiger charge is 2.15. The maximum Gasteiger partial charge on any atom is 0.0467 e. The highest BCUT2D eigenvalue weighted by molar-refractivity contribution is 6.08. The average Bonchev–Trinajstić information content (AvgIpc) is 3.27. The minimum Gasteiger partial charge on any atom is -0.310 e. The van der Waals surface area contributed by atoms with Gasteiger partial charge in [0.25, 0.3) is 0 Å². The van der Waals surface area contributed by atoms with E-state index in [9.17, 15) is 0 Å². The van der Waals surface area contributed by atoms with Gasteiger partial charge in [0, 0.05) is 17.1 Å². The number of fused-ring (bicyclic) bond motifs is 4. The highest BCUT2D eigenvalue weighted by atomic mass is 15.1. The Morgan fingerprint density at radius 3 is 1.36 bits per heavy atom. The first-order valence-electron chi connectivity index (χ1n) is 18.9. The Bertz CT molecular complexity index is 2960. The zero-order valence-electron chi connectivity index (χ0n) is 30.3. The van der Waals surface area contributed by atoms with Crippen molar-refractivity contribution in [2.24, 2.45) is 0 Å². The zero-order valence-corrected chi connectivity index (χ0v) is 30.3. The summed E-state index contributed by atoms with van der Waals surface area (Å²) in [7, 11) is 0. The molecule has 0 saturated carbocycles. The largest absolute Gasteiger partial charge is 0.310 e. The Hall–Kier alpha value is -7.22. The fourth-order valence-corrected chi connectivity index (χ4v) is 7.95. The molecule has 55 heavy (non-hydrogen) atoms. The molecule has 1 nitrogen and oxygen atoms in total. The number of nitrogens with zero attached hydrogens (tertiary/aromatic N) is 1. The minimum absolute atomic E-state index is 1.10. The summed E-state index contributed by atoms with van der Waals surface area (Å²) in [5, 5.41) is 7.59. The number of rotatable bonds is 7. The van der Waals surface area contributed by atoms with E-state index in [-0.39, 0.29) is 0 Å². The second-order valence-corrected chi connectivity index (χ2v) is 14.2. The van der Waals surface area contributed by atoms with Crippen molar-refractivity contribution < 1.29 is 0 Å². The maximum atomic E-state index is 2.37. The molecule has 10 rings (SSSR count). The fraction of sp³-hybridized carbons (Fsp3) is 0. The molecule has 0 aliphatic carbocycles. The third-order valence-electron chi connectivity index (χ3n) is 10.8. The van der Waals surface area contributed by atoms with Crippen LogP contribution in [0.4, 0.5) is 17.1 Å². The quantitative estimate of drug-likeness (QED) is 0.150. The van der Waals surface area contributed by atoms with Gasteiger partial charge < -0.3 is 4.90 Å². The molecule has 258 valence electrons. The lowest BCUT2D eigenvalue weighted by atomic mass is 9.97. The summed E-state index contributed by atoms with van der Waals surface area (Å²) in [4.78, 5) is 2.37. The standard InChI is InChI=1S/C54H37N/c1-2-10-38(11-3-1)44-15-8-16-45(34-44)40-24-29-50(30-25-40)55(52-18-9-17-46(37-52)48-22-20-39-12-4-5-14-43(39)35-48)51-31-26-41(27-32-51)47-28-33-54-49(36-47)23-21-42-13-6-7-19-53(42)54/h1-37H. The Kier molecular flexibility index (Phi) is 8.24. The summed E-state index contributed by atoms with van der Waals surface area (Å²) in [5.41, 5.74) is 12.9. The molecule has 1 heteroatoms. The molecule has 10 aromatic carbocycles. The molecular formula is C54H37N. The van der Waals surface area contributed by atoms with Crippen molar-refractivity contribution in [3.63, 3.8) is 0 Å². The van der Waals surface area contributed by atoms with Crippen molar-refractivity contribution >= 4 is 49.4 Å². The van der Waals surface area contributed by atoms with E-state index in [0.717, 1.165) is 17.1 Å². The third kappa shape index (κ3) is 6.33.